The molecule has 0 aliphatic heterocycles. The summed E-state index contributed by atoms with van der Waals surface area (Å²) in [6, 6.07) is 14.3. The molecule has 1 heterocycles. The highest BCUT2D eigenvalue weighted by molar-refractivity contribution is 14.1. The Morgan fingerprint density at radius 2 is 1.94 bits per heavy atom. The Labute approximate surface area is 209 Å². The lowest BCUT2D eigenvalue weighted by molar-refractivity contribution is 0.340. The third-order valence-corrected chi connectivity index (χ3v) is 7.78. The highest BCUT2D eigenvalue weighted by atomic mass is 127. The standard InChI is InChI=1S/C24H25FIN3O3S/c1-4-32-17-8-5-15(6-9-17)18-13-22(18)33(31)28-21-11-14(2)24(30)29(3)23(21)27-20-10-7-16(26)12-19(20)25/h5-12,18,22,27-28H,4,13H2,1-3H3. The molecule has 0 saturated heterocycles. The van der Waals surface area contributed by atoms with E-state index >= 15 is 0 Å². The van der Waals surface area contributed by atoms with E-state index in [-0.39, 0.29) is 22.4 Å². The number of anilines is 3. The monoisotopic (exact) mass is 581 g/mol. The number of hydrogen-bond donors (Lipinski definition) is 2. The molecule has 1 aromatic heterocycles. The highest BCUT2D eigenvalue weighted by Crippen LogP contribution is 2.47. The Bertz CT molecular complexity index is 1220. The summed E-state index contributed by atoms with van der Waals surface area (Å²) in [4.78, 5) is 12.5. The van der Waals surface area contributed by atoms with Crippen molar-refractivity contribution in [2.45, 2.75) is 31.4 Å². The van der Waals surface area contributed by atoms with Gasteiger partial charge in [-0.25, -0.2) is 9.11 Å². The van der Waals surface area contributed by atoms with Crippen molar-refractivity contribution in [1.82, 2.24) is 4.57 Å². The normalized spacial score (nSPS) is 18.0. The second kappa shape index (κ2) is 9.94. The second-order valence-corrected chi connectivity index (χ2v) is 10.6. The molecule has 3 unspecified atom stereocenters. The van der Waals surface area contributed by atoms with Crippen LogP contribution in [0.15, 0.2) is 53.3 Å². The molecule has 0 radical (unpaired) electrons. The third kappa shape index (κ3) is 5.30. The zero-order valence-corrected chi connectivity index (χ0v) is 21.5. The number of hydrogen-bond acceptors (Lipinski definition) is 5. The van der Waals surface area contributed by atoms with Gasteiger partial charge >= 0.3 is 0 Å². The maximum absolute atomic E-state index is 14.5. The minimum atomic E-state index is -1.38. The van der Waals surface area contributed by atoms with E-state index in [9.17, 15) is 13.7 Å². The first-order chi connectivity index (χ1) is 15.8. The van der Waals surface area contributed by atoms with E-state index in [1.54, 1.807) is 32.2 Å². The number of benzene rings is 2. The van der Waals surface area contributed by atoms with Crippen molar-refractivity contribution in [3.8, 4) is 5.75 Å². The smallest absolute Gasteiger partial charge is 0.254 e. The predicted molar refractivity (Wildman–Crippen MR) is 139 cm³/mol. The summed E-state index contributed by atoms with van der Waals surface area (Å²) in [5, 5.41) is 2.95. The number of aryl methyl sites for hydroxylation is 1. The topological polar surface area (TPSA) is 78.3 Å². The molecule has 33 heavy (non-hydrogen) atoms. The molecule has 3 aromatic rings. The molecule has 1 fully saturated rings. The van der Waals surface area contributed by atoms with Gasteiger partial charge in [-0.1, -0.05) is 12.1 Å². The van der Waals surface area contributed by atoms with Crippen LogP contribution in [0.5, 0.6) is 5.75 Å². The lowest BCUT2D eigenvalue weighted by Gasteiger charge is -2.19. The van der Waals surface area contributed by atoms with E-state index in [0.717, 1.165) is 21.3 Å². The van der Waals surface area contributed by atoms with Crippen LogP contribution < -0.4 is 20.3 Å². The number of pyridine rings is 1. The van der Waals surface area contributed by atoms with E-state index in [1.165, 1.54) is 10.6 Å². The molecule has 2 aromatic carbocycles. The van der Waals surface area contributed by atoms with Gasteiger partial charge in [-0.2, -0.15) is 0 Å². The maximum atomic E-state index is 14.5. The summed E-state index contributed by atoms with van der Waals surface area (Å²) in [7, 11) is 1.61. The Balaban J connectivity index is 1.54. The molecule has 4 rings (SSSR count). The summed E-state index contributed by atoms with van der Waals surface area (Å²) in [5.41, 5.74) is 2.14. The zero-order valence-electron chi connectivity index (χ0n) is 18.5. The summed E-state index contributed by atoms with van der Waals surface area (Å²) in [5.74, 6) is 0.932. The average Bonchev–Trinajstić information content (AvgIpc) is 3.58. The molecule has 0 amide bonds. The van der Waals surface area contributed by atoms with Gasteiger partial charge in [0, 0.05) is 28.5 Å². The first-order valence-electron chi connectivity index (χ1n) is 10.6. The van der Waals surface area contributed by atoms with Crippen LogP contribution in [0.3, 0.4) is 0 Å². The fraction of sp³-hybridized carbons (Fsp3) is 0.292. The molecule has 9 heteroatoms. The molecule has 0 spiro atoms. The minimum absolute atomic E-state index is 0.0524. The second-order valence-electron chi connectivity index (χ2n) is 7.99. The number of nitrogens with zero attached hydrogens (tertiary/aromatic N) is 1. The van der Waals surface area contributed by atoms with Crippen molar-refractivity contribution in [3.05, 3.63) is 79.4 Å². The van der Waals surface area contributed by atoms with Crippen LogP contribution in [0.4, 0.5) is 21.6 Å². The van der Waals surface area contributed by atoms with Crippen LogP contribution in [-0.4, -0.2) is 21.0 Å². The van der Waals surface area contributed by atoms with Crippen molar-refractivity contribution in [1.29, 1.82) is 0 Å². The Kier molecular flexibility index (Phi) is 7.20. The molecule has 1 saturated carbocycles. The van der Waals surface area contributed by atoms with Gasteiger partial charge < -0.3 is 14.6 Å². The average molecular weight is 581 g/mol. The van der Waals surface area contributed by atoms with Crippen molar-refractivity contribution in [3.63, 3.8) is 0 Å². The maximum Gasteiger partial charge on any atom is 0.254 e. The van der Waals surface area contributed by atoms with Crippen LogP contribution in [0.2, 0.25) is 0 Å². The predicted octanol–water partition coefficient (Wildman–Crippen LogP) is 5.21. The molecular formula is C24H25FIN3O3S. The van der Waals surface area contributed by atoms with E-state index < -0.39 is 17.2 Å². The quantitative estimate of drug-likeness (QED) is 0.282. The Morgan fingerprint density at radius 1 is 1.21 bits per heavy atom. The summed E-state index contributed by atoms with van der Waals surface area (Å²) >= 11 is 0.653. The molecule has 3 atom stereocenters. The molecule has 0 bridgehead atoms. The van der Waals surface area contributed by atoms with Crippen molar-refractivity contribution in [2.24, 2.45) is 7.05 Å². The van der Waals surface area contributed by atoms with E-state index in [1.807, 2.05) is 53.8 Å². The molecule has 1 aliphatic rings. The first-order valence-corrected chi connectivity index (χ1v) is 12.9. The van der Waals surface area contributed by atoms with Gasteiger partial charge in [0.25, 0.3) is 5.56 Å². The van der Waals surface area contributed by atoms with Gasteiger partial charge in [-0.15, -0.1) is 0 Å². The van der Waals surface area contributed by atoms with Crippen LogP contribution in [0, 0.1) is 16.3 Å². The fourth-order valence-corrected chi connectivity index (χ4v) is 5.58. The molecular weight excluding hydrogens is 556 g/mol. The molecule has 6 nitrogen and oxygen atoms in total. The van der Waals surface area contributed by atoms with Gasteiger partial charge in [-0.3, -0.25) is 9.36 Å². The van der Waals surface area contributed by atoms with Crippen molar-refractivity contribution >= 4 is 51.1 Å². The van der Waals surface area contributed by atoms with Gasteiger partial charge in [0.15, 0.2) is 0 Å². The number of rotatable bonds is 8. The van der Waals surface area contributed by atoms with Crippen molar-refractivity contribution in [2.75, 3.05) is 16.6 Å². The van der Waals surface area contributed by atoms with Crippen LogP contribution in [-0.2, 0) is 18.4 Å². The summed E-state index contributed by atoms with van der Waals surface area (Å²) in [6.07, 6.45) is 0.798. The highest BCUT2D eigenvalue weighted by Gasteiger charge is 2.49. The number of nitrogens with one attached hydrogen (secondary N) is 2. The number of ether oxygens (including phenoxy) is 1. The lowest BCUT2D eigenvalue weighted by atomic mass is 10.1. The third-order valence-electron chi connectivity index (χ3n) is 5.61. The van der Waals surface area contributed by atoms with E-state index in [4.69, 9.17) is 4.74 Å². The van der Waals surface area contributed by atoms with Crippen LogP contribution >= 0.6 is 22.6 Å². The summed E-state index contributed by atoms with van der Waals surface area (Å²) in [6.45, 7) is 4.25. The number of aromatic nitrogens is 1. The van der Waals surface area contributed by atoms with Crippen molar-refractivity contribution < 1.29 is 13.7 Å². The fourth-order valence-electron chi connectivity index (χ4n) is 3.76. The molecule has 174 valence electrons. The summed E-state index contributed by atoms with van der Waals surface area (Å²) < 4.78 is 38.3. The van der Waals surface area contributed by atoms with Gasteiger partial charge in [0.05, 0.1) is 23.7 Å². The van der Waals surface area contributed by atoms with Crippen LogP contribution in [0.1, 0.15) is 30.4 Å². The Morgan fingerprint density at radius 3 is 2.61 bits per heavy atom. The molecule has 1 aliphatic carbocycles. The van der Waals surface area contributed by atoms with Gasteiger partial charge in [0.1, 0.15) is 28.3 Å². The van der Waals surface area contributed by atoms with E-state index in [0.29, 0.717) is 23.7 Å². The Hall–Kier alpha value is -2.24. The lowest BCUT2D eigenvalue weighted by Crippen LogP contribution is -2.26. The zero-order chi connectivity index (χ0) is 23.7. The SMILES string of the molecule is CCOc1ccc(C2CC2[S+]([O-])Nc2cc(C)c(=O)n(C)c2Nc2ccc(I)cc2F)cc1. The van der Waals surface area contributed by atoms with Crippen LogP contribution in [0.25, 0.3) is 0 Å². The van der Waals surface area contributed by atoms with E-state index in [2.05, 4.69) is 10.0 Å². The molecule has 2 N–H and O–H groups in total. The van der Waals surface area contributed by atoms with Gasteiger partial charge in [-0.05, 0) is 78.4 Å². The first kappa shape index (κ1) is 23.9. The number of halogens is 2. The largest absolute Gasteiger partial charge is 0.593 e. The minimum Gasteiger partial charge on any atom is -0.593 e. The van der Waals surface area contributed by atoms with Gasteiger partial charge in [0.2, 0.25) is 0 Å².